The number of ether oxygens (including phenoxy) is 1. The molecule has 2 N–H and O–H groups in total. The number of aromatic carboxylic acids is 1. The first-order chi connectivity index (χ1) is 9.13. The highest BCUT2D eigenvalue weighted by Gasteiger charge is 2.41. The molecule has 1 aromatic heterocycles. The molecule has 19 heavy (non-hydrogen) atoms. The molecule has 3 rings (SSSR count). The molecule has 2 aliphatic rings. The van der Waals surface area contributed by atoms with Gasteiger partial charge in [0, 0.05) is 0 Å². The Morgan fingerprint density at radius 1 is 1.26 bits per heavy atom. The Kier molecular flexibility index (Phi) is 2.90. The Labute approximate surface area is 109 Å². The highest BCUT2D eigenvalue weighted by Crippen LogP contribution is 2.34. The molecule has 0 aromatic carbocycles. The number of aromatic nitrogens is 2. The van der Waals surface area contributed by atoms with Crippen molar-refractivity contribution in [3.63, 3.8) is 0 Å². The number of carbonyl (C=O) groups excluding carboxylic acids is 1. The Balaban J connectivity index is 1.65. The van der Waals surface area contributed by atoms with Crippen molar-refractivity contribution in [2.75, 3.05) is 0 Å². The fourth-order valence-electron chi connectivity index (χ4n) is 2.59. The van der Waals surface area contributed by atoms with Gasteiger partial charge < -0.3 is 15.2 Å². The first-order valence-electron chi connectivity index (χ1n) is 6.15. The summed E-state index contributed by atoms with van der Waals surface area (Å²) in [6.07, 6.45) is 5.47. The van der Waals surface area contributed by atoms with E-state index in [4.69, 9.17) is 9.84 Å². The number of fused-ring (bicyclic) bond motifs is 2. The molecule has 0 aliphatic carbocycles. The SMILES string of the molecule is O=C(O)c1cnc(C(=O)NC2CC3CCC2O3)cn1. The van der Waals surface area contributed by atoms with Gasteiger partial charge >= 0.3 is 5.97 Å². The molecule has 2 fully saturated rings. The number of amides is 1. The minimum absolute atomic E-state index is 0.0206. The molecular weight excluding hydrogens is 250 g/mol. The Hall–Kier alpha value is -2.02. The minimum atomic E-state index is -1.17. The van der Waals surface area contributed by atoms with Gasteiger partial charge in [-0.2, -0.15) is 0 Å². The highest BCUT2D eigenvalue weighted by molar-refractivity contribution is 5.93. The summed E-state index contributed by atoms with van der Waals surface area (Å²) in [5, 5.41) is 11.6. The molecule has 2 bridgehead atoms. The average molecular weight is 263 g/mol. The van der Waals surface area contributed by atoms with Crippen molar-refractivity contribution in [1.29, 1.82) is 0 Å². The first-order valence-corrected chi connectivity index (χ1v) is 6.15. The van der Waals surface area contributed by atoms with Gasteiger partial charge in [0.2, 0.25) is 0 Å². The fraction of sp³-hybridized carbons (Fsp3) is 0.500. The summed E-state index contributed by atoms with van der Waals surface area (Å²) < 4.78 is 5.64. The number of carboxylic acids is 1. The van der Waals surface area contributed by atoms with Crippen molar-refractivity contribution in [2.24, 2.45) is 0 Å². The van der Waals surface area contributed by atoms with Gasteiger partial charge in [0.15, 0.2) is 5.69 Å². The third-order valence-corrected chi connectivity index (χ3v) is 3.53. The molecule has 2 aliphatic heterocycles. The third-order valence-electron chi connectivity index (χ3n) is 3.53. The van der Waals surface area contributed by atoms with Crippen molar-refractivity contribution in [2.45, 2.75) is 37.5 Å². The number of carboxylic acid groups (broad SMARTS) is 1. The zero-order valence-electron chi connectivity index (χ0n) is 10.1. The van der Waals surface area contributed by atoms with Gasteiger partial charge in [-0.1, -0.05) is 0 Å². The highest BCUT2D eigenvalue weighted by atomic mass is 16.5. The predicted octanol–water partition coefficient (Wildman–Crippen LogP) is 0.224. The summed E-state index contributed by atoms with van der Waals surface area (Å²) in [5.41, 5.74) is -0.0624. The third kappa shape index (κ3) is 2.28. The van der Waals surface area contributed by atoms with Crippen LogP contribution in [-0.2, 0) is 4.74 Å². The lowest BCUT2D eigenvalue weighted by Gasteiger charge is -2.19. The van der Waals surface area contributed by atoms with Crippen LogP contribution in [0, 0.1) is 0 Å². The van der Waals surface area contributed by atoms with Crippen LogP contribution in [0.2, 0.25) is 0 Å². The summed E-state index contributed by atoms with van der Waals surface area (Å²) >= 11 is 0. The van der Waals surface area contributed by atoms with E-state index in [1.165, 1.54) is 6.20 Å². The van der Waals surface area contributed by atoms with Crippen molar-refractivity contribution < 1.29 is 19.4 Å². The van der Waals surface area contributed by atoms with Crippen molar-refractivity contribution >= 4 is 11.9 Å². The summed E-state index contributed by atoms with van der Waals surface area (Å²) in [5.74, 6) is -1.51. The maximum atomic E-state index is 11.9. The summed E-state index contributed by atoms with van der Waals surface area (Å²) in [6.45, 7) is 0. The number of nitrogens with one attached hydrogen (secondary N) is 1. The quantitative estimate of drug-likeness (QED) is 0.809. The smallest absolute Gasteiger partial charge is 0.356 e. The second-order valence-corrected chi connectivity index (χ2v) is 4.78. The van der Waals surface area contributed by atoms with Gasteiger partial charge in [0.1, 0.15) is 5.69 Å². The molecule has 2 saturated heterocycles. The van der Waals surface area contributed by atoms with Gasteiger partial charge in [-0.05, 0) is 19.3 Å². The topological polar surface area (TPSA) is 101 Å². The Morgan fingerprint density at radius 2 is 2.00 bits per heavy atom. The predicted molar refractivity (Wildman–Crippen MR) is 62.8 cm³/mol. The van der Waals surface area contributed by atoms with E-state index in [-0.39, 0.29) is 35.5 Å². The maximum absolute atomic E-state index is 11.9. The largest absolute Gasteiger partial charge is 0.476 e. The second-order valence-electron chi connectivity index (χ2n) is 4.78. The van der Waals surface area contributed by atoms with Crippen LogP contribution in [0.5, 0.6) is 0 Å². The van der Waals surface area contributed by atoms with Crippen LogP contribution < -0.4 is 5.32 Å². The normalized spacial score (nSPS) is 28.3. The zero-order chi connectivity index (χ0) is 13.4. The molecule has 7 heteroatoms. The van der Waals surface area contributed by atoms with Gasteiger partial charge in [-0.3, -0.25) is 4.79 Å². The van der Waals surface area contributed by atoms with Gasteiger partial charge in [0.25, 0.3) is 5.91 Å². The average Bonchev–Trinajstić information content (AvgIpc) is 3.01. The van der Waals surface area contributed by atoms with Crippen molar-refractivity contribution in [3.05, 3.63) is 23.8 Å². The van der Waals surface area contributed by atoms with E-state index < -0.39 is 5.97 Å². The van der Waals surface area contributed by atoms with Gasteiger partial charge in [0.05, 0.1) is 30.6 Å². The van der Waals surface area contributed by atoms with E-state index in [1.807, 2.05) is 0 Å². The maximum Gasteiger partial charge on any atom is 0.356 e. The summed E-state index contributed by atoms with van der Waals surface area (Å²) in [7, 11) is 0. The summed E-state index contributed by atoms with van der Waals surface area (Å²) in [4.78, 5) is 30.0. The van der Waals surface area contributed by atoms with Gasteiger partial charge in [-0.15, -0.1) is 0 Å². The van der Waals surface area contributed by atoms with Crippen LogP contribution >= 0.6 is 0 Å². The van der Waals surface area contributed by atoms with Crippen LogP contribution in [-0.4, -0.2) is 45.2 Å². The standard InChI is InChI=1S/C12H13N3O4/c16-11(8-4-14-9(5-13-8)12(17)18)15-7-3-6-1-2-10(7)19-6/h4-7,10H,1-3H2,(H,15,16)(H,17,18). The minimum Gasteiger partial charge on any atom is -0.476 e. The molecule has 0 saturated carbocycles. The van der Waals surface area contributed by atoms with E-state index >= 15 is 0 Å². The number of rotatable bonds is 3. The lowest BCUT2D eigenvalue weighted by atomic mass is 9.95. The van der Waals surface area contributed by atoms with Crippen LogP contribution in [0.15, 0.2) is 12.4 Å². The van der Waals surface area contributed by atoms with E-state index in [2.05, 4.69) is 15.3 Å². The molecule has 0 radical (unpaired) electrons. The Bertz CT molecular complexity index is 516. The number of hydrogen-bond acceptors (Lipinski definition) is 5. The fourth-order valence-corrected chi connectivity index (χ4v) is 2.59. The molecule has 1 aromatic rings. The second kappa shape index (κ2) is 4.58. The number of carbonyl (C=O) groups is 2. The molecule has 100 valence electrons. The molecule has 3 unspecified atom stereocenters. The van der Waals surface area contributed by atoms with Crippen LogP contribution in [0.25, 0.3) is 0 Å². The van der Waals surface area contributed by atoms with Gasteiger partial charge in [-0.25, -0.2) is 14.8 Å². The molecule has 7 nitrogen and oxygen atoms in total. The lowest BCUT2D eigenvalue weighted by Crippen LogP contribution is -2.41. The molecule has 1 amide bonds. The van der Waals surface area contributed by atoms with Crippen LogP contribution in [0.3, 0.4) is 0 Å². The van der Waals surface area contributed by atoms with E-state index in [0.717, 1.165) is 25.5 Å². The lowest BCUT2D eigenvalue weighted by molar-refractivity contribution is 0.0688. The monoisotopic (exact) mass is 263 g/mol. The van der Waals surface area contributed by atoms with Crippen molar-refractivity contribution in [3.8, 4) is 0 Å². The molecule has 0 spiro atoms. The Morgan fingerprint density at radius 3 is 2.53 bits per heavy atom. The van der Waals surface area contributed by atoms with E-state index in [9.17, 15) is 9.59 Å². The van der Waals surface area contributed by atoms with Crippen molar-refractivity contribution in [1.82, 2.24) is 15.3 Å². The van der Waals surface area contributed by atoms with Crippen LogP contribution in [0.4, 0.5) is 0 Å². The first kappa shape index (κ1) is 12.0. The van der Waals surface area contributed by atoms with E-state index in [0.29, 0.717) is 0 Å². The van der Waals surface area contributed by atoms with E-state index in [1.54, 1.807) is 0 Å². The summed E-state index contributed by atoms with van der Waals surface area (Å²) in [6, 6.07) is 0.0206. The molecular formula is C12H13N3O4. The number of hydrogen-bond donors (Lipinski definition) is 2. The zero-order valence-corrected chi connectivity index (χ0v) is 10.1. The van der Waals surface area contributed by atoms with Crippen LogP contribution in [0.1, 0.15) is 40.2 Å². The molecule has 3 heterocycles. The number of nitrogens with zero attached hydrogens (tertiary/aromatic N) is 2. The molecule has 3 atom stereocenters.